The van der Waals surface area contributed by atoms with Crippen molar-refractivity contribution in [2.45, 2.75) is 11.9 Å². The number of sulfonamides is 1. The highest BCUT2D eigenvalue weighted by atomic mass is 32.2. The van der Waals surface area contributed by atoms with Crippen LogP contribution < -0.4 is 15.4 Å². The lowest BCUT2D eigenvalue weighted by molar-refractivity contribution is -0.137. The Balaban J connectivity index is 1.78. The molecule has 29 heavy (non-hydrogen) atoms. The van der Waals surface area contributed by atoms with Crippen molar-refractivity contribution in [3.63, 3.8) is 0 Å². The molecule has 0 saturated heterocycles. The summed E-state index contributed by atoms with van der Waals surface area (Å²) in [5.74, 6) is -1.83. The van der Waals surface area contributed by atoms with E-state index in [9.17, 15) is 31.2 Å². The SMILES string of the molecule is O=C(CNS(=O)(=O)Cc1ccccc1)NCC(=O)Nc1cccc(C(F)(F)F)c1. The number of anilines is 1. The van der Waals surface area contributed by atoms with E-state index in [2.05, 4.69) is 15.4 Å². The van der Waals surface area contributed by atoms with E-state index in [1.165, 1.54) is 6.07 Å². The lowest BCUT2D eigenvalue weighted by atomic mass is 10.2. The second-order valence-electron chi connectivity index (χ2n) is 5.97. The summed E-state index contributed by atoms with van der Waals surface area (Å²) in [6.45, 7) is -1.11. The maximum Gasteiger partial charge on any atom is 0.416 e. The number of nitrogens with one attached hydrogen (secondary N) is 3. The van der Waals surface area contributed by atoms with Gasteiger partial charge in [0, 0.05) is 5.69 Å². The van der Waals surface area contributed by atoms with Gasteiger partial charge in [-0.1, -0.05) is 36.4 Å². The van der Waals surface area contributed by atoms with Gasteiger partial charge >= 0.3 is 6.18 Å². The highest BCUT2D eigenvalue weighted by Gasteiger charge is 2.30. The highest BCUT2D eigenvalue weighted by molar-refractivity contribution is 7.88. The molecular weight excluding hydrogens is 411 g/mol. The number of halogens is 3. The summed E-state index contributed by atoms with van der Waals surface area (Å²) in [6.07, 6.45) is -4.55. The Bertz CT molecular complexity index is 964. The molecule has 2 aromatic rings. The van der Waals surface area contributed by atoms with Crippen LogP contribution in [-0.2, 0) is 31.5 Å². The second kappa shape index (κ2) is 9.52. The topological polar surface area (TPSA) is 104 Å². The van der Waals surface area contributed by atoms with Crippen LogP contribution in [0.15, 0.2) is 54.6 Å². The van der Waals surface area contributed by atoms with Gasteiger partial charge in [-0.25, -0.2) is 13.1 Å². The minimum Gasteiger partial charge on any atom is -0.346 e. The lowest BCUT2D eigenvalue weighted by Crippen LogP contribution is -2.40. The van der Waals surface area contributed by atoms with Gasteiger partial charge in [0.2, 0.25) is 21.8 Å². The fourth-order valence-electron chi connectivity index (χ4n) is 2.24. The summed E-state index contributed by atoms with van der Waals surface area (Å²) in [5.41, 5.74) is -0.462. The Morgan fingerprint density at radius 3 is 2.24 bits per heavy atom. The molecule has 0 radical (unpaired) electrons. The zero-order chi connectivity index (χ0) is 21.5. The van der Waals surface area contributed by atoms with Gasteiger partial charge < -0.3 is 10.6 Å². The average molecular weight is 429 g/mol. The van der Waals surface area contributed by atoms with Gasteiger partial charge in [-0.3, -0.25) is 9.59 Å². The molecule has 0 aromatic heterocycles. The van der Waals surface area contributed by atoms with Crippen molar-refractivity contribution in [2.24, 2.45) is 0 Å². The van der Waals surface area contributed by atoms with Crippen molar-refractivity contribution in [1.29, 1.82) is 0 Å². The monoisotopic (exact) mass is 429 g/mol. The maximum absolute atomic E-state index is 12.7. The summed E-state index contributed by atoms with van der Waals surface area (Å²) < 4.78 is 63.9. The van der Waals surface area contributed by atoms with Crippen molar-refractivity contribution in [3.8, 4) is 0 Å². The summed E-state index contributed by atoms with van der Waals surface area (Å²) in [4.78, 5) is 23.5. The molecule has 2 rings (SSSR count). The Morgan fingerprint density at radius 2 is 1.59 bits per heavy atom. The molecule has 7 nitrogen and oxygen atoms in total. The maximum atomic E-state index is 12.7. The van der Waals surface area contributed by atoms with Crippen LogP contribution in [0.4, 0.5) is 18.9 Å². The first-order valence-electron chi connectivity index (χ1n) is 8.30. The molecule has 3 N–H and O–H groups in total. The van der Waals surface area contributed by atoms with Crippen LogP contribution >= 0.6 is 0 Å². The molecule has 0 spiro atoms. The van der Waals surface area contributed by atoms with Crippen molar-refractivity contribution in [3.05, 3.63) is 65.7 Å². The first-order chi connectivity index (χ1) is 13.5. The largest absolute Gasteiger partial charge is 0.416 e. The Kier molecular flexibility index (Phi) is 7.35. The van der Waals surface area contributed by atoms with Crippen molar-refractivity contribution in [1.82, 2.24) is 10.0 Å². The normalized spacial score (nSPS) is 11.7. The molecule has 0 heterocycles. The van der Waals surface area contributed by atoms with Crippen LogP contribution in [0, 0.1) is 0 Å². The van der Waals surface area contributed by atoms with Gasteiger partial charge in [-0.05, 0) is 23.8 Å². The summed E-state index contributed by atoms with van der Waals surface area (Å²) >= 11 is 0. The van der Waals surface area contributed by atoms with Gasteiger partial charge in [0.05, 0.1) is 24.4 Å². The average Bonchev–Trinajstić information content (AvgIpc) is 2.65. The number of alkyl halides is 3. The van der Waals surface area contributed by atoms with Crippen molar-refractivity contribution in [2.75, 3.05) is 18.4 Å². The van der Waals surface area contributed by atoms with E-state index in [1.54, 1.807) is 30.3 Å². The molecule has 0 aliphatic heterocycles. The van der Waals surface area contributed by atoms with E-state index in [-0.39, 0.29) is 11.4 Å². The minimum atomic E-state index is -4.55. The summed E-state index contributed by atoms with van der Waals surface area (Å²) in [7, 11) is -3.75. The van der Waals surface area contributed by atoms with Crippen LogP contribution in [0.2, 0.25) is 0 Å². The molecule has 0 bridgehead atoms. The molecule has 0 fully saturated rings. The zero-order valence-electron chi connectivity index (χ0n) is 15.0. The van der Waals surface area contributed by atoms with Crippen LogP contribution in [0.1, 0.15) is 11.1 Å². The number of carbonyl (C=O) groups excluding carboxylic acids is 2. The van der Waals surface area contributed by atoms with Crippen LogP contribution in [0.3, 0.4) is 0 Å². The molecule has 0 unspecified atom stereocenters. The van der Waals surface area contributed by atoms with E-state index < -0.39 is 46.7 Å². The van der Waals surface area contributed by atoms with Gasteiger partial charge in [0.25, 0.3) is 0 Å². The minimum absolute atomic E-state index is 0.0809. The fraction of sp³-hybridized carbons (Fsp3) is 0.222. The second-order valence-corrected chi connectivity index (χ2v) is 7.78. The van der Waals surface area contributed by atoms with Gasteiger partial charge in [0.1, 0.15) is 0 Å². The van der Waals surface area contributed by atoms with Crippen LogP contribution in [-0.4, -0.2) is 33.3 Å². The fourth-order valence-corrected chi connectivity index (χ4v) is 3.32. The first kappa shape index (κ1) is 22.4. The number of benzene rings is 2. The Labute approximate surface area is 165 Å². The molecule has 0 atom stereocenters. The molecule has 156 valence electrons. The van der Waals surface area contributed by atoms with E-state index >= 15 is 0 Å². The summed E-state index contributed by atoms with van der Waals surface area (Å²) in [5, 5.41) is 4.41. The van der Waals surface area contributed by atoms with Crippen molar-refractivity contribution >= 4 is 27.5 Å². The predicted molar refractivity (Wildman–Crippen MR) is 100 cm³/mol. The molecular formula is C18H18F3N3O4S. The zero-order valence-corrected chi connectivity index (χ0v) is 15.8. The van der Waals surface area contributed by atoms with Crippen LogP contribution in [0.5, 0.6) is 0 Å². The molecule has 0 aliphatic rings. The van der Waals surface area contributed by atoms with E-state index in [1.807, 2.05) is 0 Å². The molecule has 11 heteroatoms. The smallest absolute Gasteiger partial charge is 0.346 e. The van der Waals surface area contributed by atoms with Gasteiger partial charge in [-0.15, -0.1) is 0 Å². The number of rotatable bonds is 8. The quantitative estimate of drug-likeness (QED) is 0.596. The van der Waals surface area contributed by atoms with E-state index in [4.69, 9.17) is 0 Å². The number of hydrogen-bond donors (Lipinski definition) is 3. The third kappa shape index (κ3) is 7.92. The molecule has 2 aromatic carbocycles. The standard InChI is InChI=1S/C18H18F3N3O4S/c19-18(20,21)14-7-4-8-15(9-14)24-17(26)10-22-16(25)11-23-29(27,28)12-13-5-2-1-3-6-13/h1-9,23H,10-12H2,(H,22,25)(H,24,26). The van der Waals surface area contributed by atoms with Gasteiger partial charge in [-0.2, -0.15) is 13.2 Å². The number of carbonyl (C=O) groups is 2. The molecule has 2 amide bonds. The Morgan fingerprint density at radius 1 is 0.897 bits per heavy atom. The summed E-state index contributed by atoms with van der Waals surface area (Å²) in [6, 6.07) is 12.4. The highest BCUT2D eigenvalue weighted by Crippen LogP contribution is 2.30. The number of amides is 2. The molecule has 0 aliphatic carbocycles. The number of hydrogen-bond acceptors (Lipinski definition) is 4. The Hall–Kier alpha value is -2.92. The predicted octanol–water partition coefficient (Wildman–Crippen LogP) is 1.88. The third-order valence-corrected chi connectivity index (χ3v) is 4.87. The lowest BCUT2D eigenvalue weighted by Gasteiger charge is -2.11. The molecule has 0 saturated carbocycles. The first-order valence-corrected chi connectivity index (χ1v) is 9.95. The van der Waals surface area contributed by atoms with Crippen molar-refractivity contribution < 1.29 is 31.2 Å². The third-order valence-electron chi connectivity index (χ3n) is 3.57. The van der Waals surface area contributed by atoms with Gasteiger partial charge in [0.15, 0.2) is 0 Å². The van der Waals surface area contributed by atoms with Crippen LogP contribution in [0.25, 0.3) is 0 Å². The van der Waals surface area contributed by atoms with E-state index in [0.717, 1.165) is 18.2 Å². The van der Waals surface area contributed by atoms with E-state index in [0.29, 0.717) is 5.56 Å².